The number of anilines is 1. The van der Waals surface area contributed by atoms with Gasteiger partial charge < -0.3 is 9.64 Å². The van der Waals surface area contributed by atoms with Gasteiger partial charge in [-0.3, -0.25) is 14.9 Å². The fourth-order valence-electron chi connectivity index (χ4n) is 1.93. The van der Waals surface area contributed by atoms with Gasteiger partial charge in [-0.05, 0) is 6.92 Å². The molecule has 1 N–H and O–H groups in total. The van der Waals surface area contributed by atoms with Crippen molar-refractivity contribution in [2.24, 2.45) is 0 Å². The van der Waals surface area contributed by atoms with Gasteiger partial charge in [-0.25, -0.2) is 4.79 Å². The third-order valence-corrected chi connectivity index (χ3v) is 2.99. The minimum Gasteiger partial charge on any atom is -0.450 e. The van der Waals surface area contributed by atoms with E-state index in [0.717, 1.165) is 0 Å². The Labute approximate surface area is 121 Å². The van der Waals surface area contributed by atoms with E-state index in [0.29, 0.717) is 25.9 Å². The third-order valence-electron chi connectivity index (χ3n) is 2.99. The lowest BCUT2D eigenvalue weighted by atomic mass is 10.1. The largest absolute Gasteiger partial charge is 0.450 e. The third kappa shape index (κ3) is 4.26. The van der Waals surface area contributed by atoms with Crippen LogP contribution in [0.15, 0.2) is 6.20 Å². The highest BCUT2D eigenvalue weighted by molar-refractivity contribution is 5.84. The molecule has 0 bridgehead atoms. The quantitative estimate of drug-likeness (QED) is 0.840. The van der Waals surface area contributed by atoms with E-state index in [1.807, 2.05) is 0 Å². The maximum absolute atomic E-state index is 12.0. The summed E-state index contributed by atoms with van der Waals surface area (Å²) in [5.41, 5.74) is 0. The van der Waals surface area contributed by atoms with E-state index < -0.39 is 6.09 Å². The Kier molecular flexibility index (Phi) is 4.85. The van der Waals surface area contributed by atoms with E-state index in [9.17, 15) is 14.4 Å². The Balaban J connectivity index is 1.85. The second-order valence-electron chi connectivity index (χ2n) is 4.53. The van der Waals surface area contributed by atoms with Crippen LogP contribution in [0, 0.1) is 0 Å². The van der Waals surface area contributed by atoms with E-state index in [-0.39, 0.29) is 30.7 Å². The van der Waals surface area contributed by atoms with Crippen molar-refractivity contribution in [1.82, 2.24) is 19.9 Å². The van der Waals surface area contributed by atoms with Gasteiger partial charge in [0.1, 0.15) is 12.3 Å². The molecule has 2 amide bonds. The highest BCUT2D eigenvalue weighted by Crippen LogP contribution is 2.07. The van der Waals surface area contributed by atoms with Crippen LogP contribution in [0.1, 0.15) is 19.8 Å². The van der Waals surface area contributed by atoms with Gasteiger partial charge in [-0.15, -0.1) is 5.10 Å². The van der Waals surface area contributed by atoms with Crippen LogP contribution in [0.5, 0.6) is 0 Å². The Morgan fingerprint density at radius 2 is 2.10 bits per heavy atom. The van der Waals surface area contributed by atoms with Gasteiger partial charge in [0.2, 0.25) is 5.91 Å². The molecule has 1 aliphatic rings. The van der Waals surface area contributed by atoms with E-state index in [1.165, 1.54) is 11.0 Å². The number of nitrogens with zero attached hydrogens (tertiary/aromatic N) is 4. The average molecular weight is 295 g/mol. The number of rotatable bonds is 4. The molecule has 9 heteroatoms. The lowest BCUT2D eigenvalue weighted by Gasteiger charge is -2.25. The van der Waals surface area contributed by atoms with Gasteiger partial charge in [0.25, 0.3) is 0 Å². The van der Waals surface area contributed by atoms with E-state index in [4.69, 9.17) is 4.74 Å². The van der Waals surface area contributed by atoms with E-state index in [1.54, 1.807) is 11.8 Å². The first-order chi connectivity index (χ1) is 10.1. The first kappa shape index (κ1) is 14.9. The fraction of sp³-hybridized carbons (Fsp3) is 0.583. The predicted octanol–water partition coefficient (Wildman–Crippen LogP) is 0.0380. The summed E-state index contributed by atoms with van der Waals surface area (Å²) in [7, 11) is 0. The van der Waals surface area contributed by atoms with Crippen LogP contribution in [0.2, 0.25) is 0 Å². The number of nitrogens with one attached hydrogen (secondary N) is 1. The van der Waals surface area contributed by atoms with Crippen molar-refractivity contribution in [3.05, 3.63) is 6.20 Å². The predicted molar refractivity (Wildman–Crippen MR) is 71.5 cm³/mol. The maximum atomic E-state index is 12.0. The van der Waals surface area contributed by atoms with Gasteiger partial charge in [0, 0.05) is 25.9 Å². The molecule has 0 radical (unpaired) electrons. The Morgan fingerprint density at radius 3 is 2.76 bits per heavy atom. The molecule has 2 rings (SSSR count). The summed E-state index contributed by atoms with van der Waals surface area (Å²) in [5.74, 6) is 0.244. The smallest absolute Gasteiger partial charge is 0.412 e. The number of hydrogen-bond donors (Lipinski definition) is 1. The molecule has 1 fully saturated rings. The van der Waals surface area contributed by atoms with Crippen molar-refractivity contribution in [2.45, 2.75) is 26.3 Å². The summed E-state index contributed by atoms with van der Waals surface area (Å²) >= 11 is 0. The molecule has 114 valence electrons. The van der Waals surface area contributed by atoms with Crippen LogP contribution >= 0.6 is 0 Å². The summed E-state index contributed by atoms with van der Waals surface area (Å²) in [5, 5.41) is 10.3. The van der Waals surface area contributed by atoms with Crippen LogP contribution in [-0.4, -0.2) is 57.4 Å². The number of piperidine rings is 1. The average Bonchev–Trinajstić information content (AvgIpc) is 2.86. The van der Waals surface area contributed by atoms with Crippen molar-refractivity contribution in [3.63, 3.8) is 0 Å². The monoisotopic (exact) mass is 295 g/mol. The zero-order chi connectivity index (χ0) is 15.2. The molecule has 1 aromatic heterocycles. The first-order valence-electron chi connectivity index (χ1n) is 6.72. The van der Waals surface area contributed by atoms with Crippen molar-refractivity contribution in [1.29, 1.82) is 0 Å². The highest BCUT2D eigenvalue weighted by Gasteiger charge is 2.21. The van der Waals surface area contributed by atoms with Gasteiger partial charge in [0.05, 0.1) is 12.8 Å². The lowest BCUT2D eigenvalue weighted by molar-refractivity contribution is -0.135. The summed E-state index contributed by atoms with van der Waals surface area (Å²) in [6.07, 6.45) is 1.51. The topological polar surface area (TPSA) is 106 Å². The summed E-state index contributed by atoms with van der Waals surface area (Å²) < 4.78 is 4.71. The minimum absolute atomic E-state index is 0.0291. The summed E-state index contributed by atoms with van der Waals surface area (Å²) in [6.45, 7) is 2.79. The fourth-order valence-corrected chi connectivity index (χ4v) is 1.93. The number of carbonyl (C=O) groups excluding carboxylic acids is 3. The maximum Gasteiger partial charge on any atom is 0.412 e. The van der Waals surface area contributed by atoms with Gasteiger partial charge in [0.15, 0.2) is 5.82 Å². The summed E-state index contributed by atoms with van der Waals surface area (Å²) in [6, 6.07) is 0. The number of likely N-dealkylation sites (tertiary alicyclic amines) is 1. The molecule has 1 aliphatic heterocycles. The van der Waals surface area contributed by atoms with Crippen molar-refractivity contribution in [2.75, 3.05) is 25.0 Å². The zero-order valence-corrected chi connectivity index (χ0v) is 11.7. The van der Waals surface area contributed by atoms with Gasteiger partial charge >= 0.3 is 6.09 Å². The molecule has 0 aromatic carbocycles. The molecule has 0 unspecified atom stereocenters. The molecule has 0 spiro atoms. The standard InChI is InChI=1S/C12H17N5O4/c1-2-21-12(20)14-10-7-13-17(15-10)8-11(19)16-5-3-9(18)4-6-16/h7H,2-6,8H2,1H3,(H,14,15,20). The highest BCUT2D eigenvalue weighted by atomic mass is 16.5. The van der Waals surface area contributed by atoms with Crippen molar-refractivity contribution in [3.8, 4) is 0 Å². The number of hydrogen-bond acceptors (Lipinski definition) is 6. The Bertz CT molecular complexity index is 532. The lowest BCUT2D eigenvalue weighted by Crippen LogP contribution is -2.40. The minimum atomic E-state index is -0.620. The summed E-state index contributed by atoms with van der Waals surface area (Å²) in [4.78, 5) is 37.2. The van der Waals surface area contributed by atoms with Crippen LogP contribution in [0.4, 0.5) is 10.6 Å². The molecule has 0 aliphatic carbocycles. The Morgan fingerprint density at radius 1 is 1.38 bits per heavy atom. The molecule has 1 saturated heterocycles. The second kappa shape index (κ2) is 6.82. The second-order valence-corrected chi connectivity index (χ2v) is 4.53. The molecule has 0 atom stereocenters. The number of aromatic nitrogens is 3. The molecule has 2 heterocycles. The van der Waals surface area contributed by atoms with Crippen molar-refractivity contribution >= 4 is 23.6 Å². The molecule has 0 saturated carbocycles. The van der Waals surface area contributed by atoms with Crippen LogP contribution < -0.4 is 5.32 Å². The van der Waals surface area contributed by atoms with Gasteiger partial charge in [-0.2, -0.15) is 9.90 Å². The number of ether oxygens (including phenoxy) is 1. The number of ketones is 1. The van der Waals surface area contributed by atoms with Crippen LogP contribution in [0.25, 0.3) is 0 Å². The normalized spacial score (nSPS) is 14.9. The first-order valence-corrected chi connectivity index (χ1v) is 6.72. The van der Waals surface area contributed by atoms with Crippen molar-refractivity contribution < 1.29 is 19.1 Å². The molecule has 21 heavy (non-hydrogen) atoms. The molecular weight excluding hydrogens is 278 g/mol. The van der Waals surface area contributed by atoms with E-state index in [2.05, 4.69) is 15.5 Å². The zero-order valence-electron chi connectivity index (χ0n) is 11.7. The number of Topliss-reactive ketones (excluding diaryl/α,β-unsaturated/α-hetero) is 1. The molecule has 1 aromatic rings. The van der Waals surface area contributed by atoms with Gasteiger partial charge in [-0.1, -0.05) is 0 Å². The number of amides is 2. The Hall–Kier alpha value is -2.45. The van der Waals surface area contributed by atoms with Crippen LogP contribution in [0.3, 0.4) is 0 Å². The van der Waals surface area contributed by atoms with Crippen LogP contribution in [-0.2, 0) is 20.9 Å². The number of carbonyl (C=O) groups is 3. The van der Waals surface area contributed by atoms with E-state index >= 15 is 0 Å². The molecular formula is C12H17N5O4. The molecule has 9 nitrogen and oxygen atoms in total. The SMILES string of the molecule is CCOC(=O)Nc1cnn(CC(=O)N2CCC(=O)CC2)n1.